The van der Waals surface area contributed by atoms with Gasteiger partial charge in [0.2, 0.25) is 11.9 Å². The largest absolute Gasteiger partial charge is 0.414 e. The summed E-state index contributed by atoms with van der Waals surface area (Å²) in [4.78, 5) is 21.4. The highest BCUT2D eigenvalue weighted by Gasteiger charge is 2.56. The van der Waals surface area contributed by atoms with E-state index in [2.05, 4.69) is 55.2 Å². The molecule has 4 heterocycles. The van der Waals surface area contributed by atoms with Crippen LogP contribution in [-0.4, -0.2) is 59.5 Å². The molecule has 0 aromatic carbocycles. The second kappa shape index (κ2) is 9.54. The van der Waals surface area contributed by atoms with Gasteiger partial charge < -0.3 is 23.2 Å². The second-order valence-electron chi connectivity index (χ2n) is 13.0. The van der Waals surface area contributed by atoms with E-state index in [1.165, 1.54) is 0 Å². The minimum atomic E-state index is -2.05. The molecule has 0 bridgehead atoms. The Morgan fingerprint density at radius 2 is 1.84 bits per heavy atom. The summed E-state index contributed by atoms with van der Waals surface area (Å²) < 4.78 is 27.3. The first kappa shape index (κ1) is 28.9. The summed E-state index contributed by atoms with van der Waals surface area (Å²) >= 11 is 6.51. The van der Waals surface area contributed by atoms with E-state index in [1.807, 2.05) is 13.8 Å². The van der Waals surface area contributed by atoms with Crippen molar-refractivity contribution in [2.75, 3.05) is 11.9 Å². The number of halogens is 1. The lowest BCUT2D eigenvalue weighted by molar-refractivity contribution is -0.199. The summed E-state index contributed by atoms with van der Waals surface area (Å²) in [6.07, 6.45) is -0.312. The fourth-order valence-corrected chi connectivity index (χ4v) is 5.53. The zero-order valence-electron chi connectivity index (χ0n) is 23.8. The Morgan fingerprint density at radius 3 is 2.42 bits per heavy atom. The van der Waals surface area contributed by atoms with Crippen LogP contribution in [0.1, 0.15) is 67.2 Å². The van der Waals surface area contributed by atoms with Gasteiger partial charge in [0.25, 0.3) is 0 Å². The standard InChI is InChI=1S/C26H38ClN5O5Si/c1-24(2,3)22(33)31-23-29-19(27)16-14(11-28)12-32(20(16)30-23)21-18-17(36-26(7,8)37-18)15(35-21)13-34-38(9,10)25(4,5)6/h12,15,17-18,21H,13H2,1-10H3,(H,29,30,31,33)/t15-,17-,18-,21-/m1/s1. The Labute approximate surface area is 230 Å². The number of aromatic nitrogens is 3. The van der Waals surface area contributed by atoms with E-state index in [-0.39, 0.29) is 33.7 Å². The monoisotopic (exact) mass is 563 g/mol. The molecule has 12 heteroatoms. The van der Waals surface area contributed by atoms with E-state index in [1.54, 1.807) is 31.5 Å². The third kappa shape index (κ3) is 5.35. The van der Waals surface area contributed by atoms with Crippen molar-refractivity contribution >= 4 is 42.8 Å². The van der Waals surface area contributed by atoms with Gasteiger partial charge in [0, 0.05) is 11.6 Å². The maximum Gasteiger partial charge on any atom is 0.232 e. The number of carbonyl (C=O) groups excluding carboxylic acids is 1. The van der Waals surface area contributed by atoms with E-state index in [0.29, 0.717) is 17.6 Å². The Bertz CT molecular complexity index is 1290. The summed E-state index contributed by atoms with van der Waals surface area (Å²) in [6.45, 7) is 20.4. The predicted molar refractivity (Wildman–Crippen MR) is 146 cm³/mol. The highest BCUT2D eigenvalue weighted by atomic mass is 35.5. The van der Waals surface area contributed by atoms with Crippen molar-refractivity contribution in [2.24, 2.45) is 5.41 Å². The fourth-order valence-electron chi connectivity index (χ4n) is 4.25. The maximum absolute atomic E-state index is 12.6. The smallest absolute Gasteiger partial charge is 0.232 e. The molecule has 2 saturated heterocycles. The SMILES string of the molecule is CC1(C)O[C@@H]2[C@H](O1)[C@@H](CO[Si](C)(C)C(C)(C)C)O[C@H]2n1cc(C#N)c2c(Cl)nc(NC(=O)C(C)(C)C)nc21. The molecule has 4 atom stereocenters. The average Bonchev–Trinajstić information content (AvgIpc) is 3.39. The molecule has 2 aliphatic heterocycles. The summed E-state index contributed by atoms with van der Waals surface area (Å²) in [5, 5.41) is 13.1. The Hall–Kier alpha value is -2.07. The molecular weight excluding hydrogens is 526 g/mol. The van der Waals surface area contributed by atoms with Crippen molar-refractivity contribution < 1.29 is 23.4 Å². The van der Waals surface area contributed by atoms with Gasteiger partial charge in [-0.2, -0.15) is 15.2 Å². The normalized spacial score (nSPS) is 25.4. The van der Waals surface area contributed by atoms with Gasteiger partial charge in [-0.15, -0.1) is 0 Å². The predicted octanol–water partition coefficient (Wildman–Crippen LogP) is 5.38. The molecule has 2 aliphatic rings. The van der Waals surface area contributed by atoms with Crippen molar-refractivity contribution in [3.8, 4) is 6.07 Å². The van der Waals surface area contributed by atoms with Crippen molar-refractivity contribution in [2.45, 2.75) is 104 Å². The maximum atomic E-state index is 12.6. The lowest BCUT2D eigenvalue weighted by Crippen LogP contribution is -2.44. The molecule has 2 aromatic rings. The van der Waals surface area contributed by atoms with Crippen LogP contribution in [0.4, 0.5) is 5.95 Å². The van der Waals surface area contributed by atoms with Gasteiger partial charge in [0.05, 0.1) is 17.6 Å². The summed E-state index contributed by atoms with van der Waals surface area (Å²) in [6, 6.07) is 2.17. The Kier molecular flexibility index (Phi) is 7.26. The van der Waals surface area contributed by atoms with Gasteiger partial charge in [-0.1, -0.05) is 53.1 Å². The average molecular weight is 564 g/mol. The third-order valence-corrected chi connectivity index (χ3v) is 12.2. The van der Waals surface area contributed by atoms with E-state index in [9.17, 15) is 10.1 Å². The molecule has 1 N–H and O–H groups in total. The van der Waals surface area contributed by atoms with Crippen molar-refractivity contribution in [1.29, 1.82) is 5.26 Å². The van der Waals surface area contributed by atoms with E-state index < -0.39 is 38.0 Å². The minimum Gasteiger partial charge on any atom is -0.414 e. The molecule has 1 amide bonds. The van der Waals surface area contributed by atoms with Gasteiger partial charge in [-0.3, -0.25) is 10.1 Å². The lowest BCUT2D eigenvalue weighted by atomic mass is 9.96. The minimum absolute atomic E-state index is 0.0383. The molecule has 0 radical (unpaired) electrons. The molecule has 2 fully saturated rings. The van der Waals surface area contributed by atoms with Crippen LogP contribution in [0.3, 0.4) is 0 Å². The first-order valence-electron chi connectivity index (χ1n) is 12.8. The Balaban J connectivity index is 1.73. The van der Waals surface area contributed by atoms with Crippen LogP contribution < -0.4 is 5.32 Å². The van der Waals surface area contributed by atoms with Crippen LogP contribution in [-0.2, 0) is 23.4 Å². The van der Waals surface area contributed by atoms with Gasteiger partial charge in [-0.25, -0.2) is 0 Å². The Morgan fingerprint density at radius 1 is 1.21 bits per heavy atom. The number of fused-ring (bicyclic) bond motifs is 2. The molecule has 10 nitrogen and oxygen atoms in total. The third-order valence-electron chi connectivity index (χ3n) is 7.47. The van der Waals surface area contributed by atoms with E-state index in [0.717, 1.165) is 0 Å². The summed E-state index contributed by atoms with van der Waals surface area (Å²) in [5.41, 5.74) is -0.0172. The number of nitriles is 1. The highest BCUT2D eigenvalue weighted by molar-refractivity contribution is 6.74. The number of hydrogen-bond donors (Lipinski definition) is 1. The number of anilines is 1. The zero-order valence-corrected chi connectivity index (χ0v) is 25.6. The number of hydrogen-bond acceptors (Lipinski definition) is 8. The molecule has 0 unspecified atom stereocenters. The fraction of sp³-hybridized carbons (Fsp3) is 0.692. The van der Waals surface area contributed by atoms with Crippen LogP contribution in [0, 0.1) is 16.7 Å². The first-order valence-corrected chi connectivity index (χ1v) is 16.1. The van der Waals surface area contributed by atoms with Crippen LogP contribution in [0.5, 0.6) is 0 Å². The molecule has 4 rings (SSSR count). The van der Waals surface area contributed by atoms with E-state index >= 15 is 0 Å². The van der Waals surface area contributed by atoms with Crippen LogP contribution in [0.15, 0.2) is 6.20 Å². The number of amides is 1. The molecule has 38 heavy (non-hydrogen) atoms. The summed E-state index contributed by atoms with van der Waals surface area (Å²) in [7, 11) is -2.05. The quantitative estimate of drug-likeness (QED) is 0.380. The van der Waals surface area contributed by atoms with Crippen LogP contribution in [0.2, 0.25) is 23.3 Å². The van der Waals surface area contributed by atoms with Crippen LogP contribution in [0.25, 0.3) is 11.0 Å². The van der Waals surface area contributed by atoms with Gasteiger partial charge in [0.1, 0.15) is 29.5 Å². The number of carbonyl (C=O) groups is 1. The van der Waals surface area contributed by atoms with Gasteiger partial charge in [0.15, 0.2) is 26.0 Å². The molecule has 208 valence electrons. The number of rotatable bonds is 5. The van der Waals surface area contributed by atoms with E-state index in [4.69, 9.17) is 30.2 Å². The molecule has 0 spiro atoms. The zero-order chi connectivity index (χ0) is 28.4. The molecular formula is C26H38ClN5O5Si. The molecule has 2 aromatic heterocycles. The number of nitrogens with zero attached hydrogens (tertiary/aromatic N) is 4. The van der Waals surface area contributed by atoms with Crippen molar-refractivity contribution in [3.63, 3.8) is 0 Å². The number of ether oxygens (including phenoxy) is 3. The topological polar surface area (TPSA) is 121 Å². The summed E-state index contributed by atoms with van der Waals surface area (Å²) in [5.74, 6) is -1.05. The van der Waals surface area contributed by atoms with Gasteiger partial charge >= 0.3 is 0 Å². The first-order chi connectivity index (χ1) is 17.3. The molecule has 0 aliphatic carbocycles. The van der Waals surface area contributed by atoms with Crippen molar-refractivity contribution in [3.05, 3.63) is 16.9 Å². The van der Waals surface area contributed by atoms with Crippen molar-refractivity contribution in [1.82, 2.24) is 14.5 Å². The van der Waals surface area contributed by atoms with Crippen LogP contribution >= 0.6 is 11.6 Å². The number of nitrogens with one attached hydrogen (secondary N) is 1. The lowest BCUT2D eigenvalue weighted by Gasteiger charge is -2.37. The van der Waals surface area contributed by atoms with Gasteiger partial charge in [-0.05, 0) is 32.0 Å². The highest BCUT2D eigenvalue weighted by Crippen LogP contribution is 2.46. The molecule has 0 saturated carbocycles. The second-order valence-corrected chi connectivity index (χ2v) is 18.2.